The van der Waals surface area contributed by atoms with Gasteiger partial charge in [-0.25, -0.2) is 0 Å². The largest absolute Gasteiger partial charge is 0.393 e. The van der Waals surface area contributed by atoms with Gasteiger partial charge in [0.1, 0.15) is 5.78 Å². The summed E-state index contributed by atoms with van der Waals surface area (Å²) in [5.41, 5.74) is 6.53. The highest BCUT2D eigenvalue weighted by atomic mass is 16.3. The first-order valence-electron chi connectivity index (χ1n) is 37.0. The van der Waals surface area contributed by atoms with Gasteiger partial charge in [-0.05, 0) is 364 Å². The minimum Gasteiger partial charge on any atom is -0.393 e. The van der Waals surface area contributed by atoms with Crippen molar-refractivity contribution in [3.05, 3.63) is 23.8 Å². The van der Waals surface area contributed by atoms with Crippen LogP contribution in [0.2, 0.25) is 0 Å². The van der Waals surface area contributed by atoms with Gasteiger partial charge in [0.25, 0.3) is 0 Å². The number of hydrogen-bond acceptors (Lipinski definition) is 5. The molecule has 0 amide bonds. The molecule has 0 spiro atoms. The molecule has 0 aliphatic heterocycles. The molecule has 0 bridgehead atoms. The molecule has 0 unspecified atom stereocenters. The Morgan fingerprint density at radius 2 is 0.940 bits per heavy atom. The SMILES string of the molecule is C=C1C[C@@H]2[C@H]3CC[C@@H]4C[C@@H](O)CC[C@@]4(C)[C@@H]3CC[C@@]2(C)C1.CC1=C[C@]2(C)CC[C@@H]3[C@H](CC[C@@H]4C[C@@H](O)CC[C@]43C)[C@H]2C1.C[C@@H]1C[C@@H]2[C@H]3CC[C@@H]4C[C@@H](O)CC[C@@]4(C)[C@@H]3CC[C@@]2(C)C1.C[C@@]12CC[C@H]3[C@@H]4CC[C@H](O)C[C@H]4CC[C@@H]3[C@H]1CCC2=O. The van der Waals surface area contributed by atoms with Crippen LogP contribution in [0, 0.1) is 144 Å². The normalized spacial score (nSPS) is 57.0. The van der Waals surface area contributed by atoms with Crippen molar-refractivity contribution in [2.75, 3.05) is 0 Å². The fraction of sp³-hybridized carbons (Fsp3) is 0.936. The number of rotatable bonds is 0. The lowest BCUT2D eigenvalue weighted by Gasteiger charge is -2.60. The van der Waals surface area contributed by atoms with E-state index in [0.717, 1.165) is 171 Å². The van der Waals surface area contributed by atoms with Crippen molar-refractivity contribution in [1.29, 1.82) is 0 Å². The third-order valence-electron chi connectivity index (χ3n) is 32.8. The third-order valence-corrected chi connectivity index (χ3v) is 32.8. The van der Waals surface area contributed by atoms with Gasteiger partial charge in [-0.15, -0.1) is 0 Å². The van der Waals surface area contributed by atoms with E-state index in [4.69, 9.17) is 0 Å². The number of allylic oxidation sites excluding steroid dienone is 3. The second-order valence-electron chi connectivity index (χ2n) is 36.9. The van der Waals surface area contributed by atoms with Gasteiger partial charge in [0.15, 0.2) is 0 Å². The number of aliphatic hydroxyl groups excluding tert-OH is 4. The quantitative estimate of drug-likeness (QED) is 0.181. The van der Waals surface area contributed by atoms with Crippen molar-refractivity contribution < 1.29 is 25.2 Å². The van der Waals surface area contributed by atoms with Crippen LogP contribution in [0.1, 0.15) is 287 Å². The van der Waals surface area contributed by atoms with Crippen LogP contribution in [0.3, 0.4) is 0 Å². The van der Waals surface area contributed by atoms with E-state index in [0.29, 0.717) is 44.2 Å². The molecule has 15 fully saturated rings. The highest BCUT2D eigenvalue weighted by Crippen LogP contribution is 2.70. The summed E-state index contributed by atoms with van der Waals surface area (Å²) in [6, 6.07) is 0. The molecule has 0 heterocycles. The van der Waals surface area contributed by atoms with Crippen molar-refractivity contribution in [2.24, 2.45) is 144 Å². The fourth-order valence-corrected chi connectivity index (χ4v) is 28.6. The van der Waals surface area contributed by atoms with Crippen LogP contribution >= 0.6 is 0 Å². The van der Waals surface area contributed by atoms with Gasteiger partial charge in [-0.3, -0.25) is 4.79 Å². The number of aliphatic hydroxyl groups is 4. The molecule has 0 aromatic rings. The lowest BCUT2D eigenvalue weighted by atomic mass is 9.45. The Hall–Kier alpha value is -1.01. The van der Waals surface area contributed by atoms with Crippen molar-refractivity contribution >= 4 is 5.78 Å². The van der Waals surface area contributed by atoms with Gasteiger partial charge in [0.2, 0.25) is 0 Å². The third kappa shape index (κ3) is 10.4. The summed E-state index contributed by atoms with van der Waals surface area (Å²) < 4.78 is 0. The summed E-state index contributed by atoms with van der Waals surface area (Å²) in [5.74, 6) is 16.5. The molecule has 29 atom stereocenters. The van der Waals surface area contributed by atoms with Crippen LogP contribution in [0.5, 0.6) is 0 Å². The summed E-state index contributed by atoms with van der Waals surface area (Å²) in [5, 5.41) is 40.2. The maximum Gasteiger partial charge on any atom is 0.139 e. The summed E-state index contributed by atoms with van der Waals surface area (Å²) >= 11 is 0. The molecule has 83 heavy (non-hydrogen) atoms. The van der Waals surface area contributed by atoms with Gasteiger partial charge in [0, 0.05) is 11.8 Å². The van der Waals surface area contributed by atoms with E-state index in [1.165, 1.54) is 160 Å². The zero-order valence-corrected chi connectivity index (χ0v) is 54.9. The molecule has 5 nitrogen and oxygen atoms in total. The predicted molar refractivity (Wildman–Crippen MR) is 339 cm³/mol. The smallest absolute Gasteiger partial charge is 0.139 e. The number of carbonyl (C=O) groups is 1. The van der Waals surface area contributed by atoms with Gasteiger partial charge in [0.05, 0.1) is 24.4 Å². The monoisotopic (exact) mass is 1140 g/mol. The average molecular weight is 1140 g/mol. The van der Waals surface area contributed by atoms with Gasteiger partial charge >= 0.3 is 0 Å². The van der Waals surface area contributed by atoms with E-state index in [2.05, 4.69) is 75.0 Å². The number of fused-ring (bicyclic) bond motifs is 20. The Balaban J connectivity index is 0.000000104. The molecule has 0 saturated heterocycles. The molecule has 468 valence electrons. The topological polar surface area (TPSA) is 98.0 Å². The second kappa shape index (κ2) is 22.4. The van der Waals surface area contributed by atoms with Crippen molar-refractivity contribution in [1.82, 2.24) is 0 Å². The van der Waals surface area contributed by atoms with Crippen LogP contribution in [-0.2, 0) is 4.79 Å². The Morgan fingerprint density at radius 1 is 0.434 bits per heavy atom. The van der Waals surface area contributed by atoms with Crippen LogP contribution in [0.4, 0.5) is 0 Å². The van der Waals surface area contributed by atoms with E-state index in [1.54, 1.807) is 5.57 Å². The molecule has 0 aromatic carbocycles. The fourth-order valence-electron chi connectivity index (χ4n) is 28.6. The first-order valence-corrected chi connectivity index (χ1v) is 37.0. The molecule has 4 N–H and O–H groups in total. The first kappa shape index (κ1) is 60.9. The number of hydrogen-bond donors (Lipinski definition) is 4. The minimum atomic E-state index is -0.0327. The summed E-state index contributed by atoms with van der Waals surface area (Å²) in [4.78, 5) is 12.3. The van der Waals surface area contributed by atoms with Crippen molar-refractivity contribution in [3.63, 3.8) is 0 Å². The summed E-state index contributed by atoms with van der Waals surface area (Å²) in [6.07, 6.45) is 47.2. The molecule has 15 saturated carbocycles. The number of carbonyl (C=O) groups excluding carboxylic acids is 1. The van der Waals surface area contributed by atoms with E-state index in [-0.39, 0.29) is 29.8 Å². The first-order chi connectivity index (χ1) is 39.4. The highest BCUT2D eigenvalue weighted by Gasteiger charge is 2.62. The maximum absolute atomic E-state index is 12.3. The van der Waals surface area contributed by atoms with Gasteiger partial charge in [-0.2, -0.15) is 0 Å². The number of ketones is 1. The molecular weight excluding hydrogens is 1020 g/mol. The van der Waals surface area contributed by atoms with Crippen LogP contribution in [0.15, 0.2) is 23.8 Å². The van der Waals surface area contributed by atoms with Gasteiger partial charge in [-0.1, -0.05) is 79.2 Å². The Bertz CT molecular complexity index is 2370. The minimum absolute atomic E-state index is 0.0000147. The maximum atomic E-state index is 12.3. The predicted octanol–water partition coefficient (Wildman–Crippen LogP) is 18.5. The standard InChI is InChI=1S/C20H34O.2C20H32O.C18H28O2/c3*1-13-10-18-16-5-4-14-11-15(21)6-9-20(14,3)17(16)7-8-19(18,2)12-13;1-18-9-8-14-13-5-3-12(19)10-11(13)2-4-15(14)16(18)6-7-17(18)20/h13-18,21H,4-12H2,1-3H3;12,14-18,21H,4-11H2,1-3H3;14-18,21H,1,4-12H2,2-3H3;11-16,19H,2-10H2,1H3/t13-,14-,15+,16+,17-,18-,19+,20-;2*14-,15+,16+,17-,18-,19+,20-;11-,12+,13-,14+,15+,16-,18-/m1111/s1. The number of Topliss-reactive ketones (excluding diaryl/α,β-unsaturated/α-hetero) is 1. The Morgan fingerprint density at radius 3 is 1.53 bits per heavy atom. The zero-order valence-electron chi connectivity index (χ0n) is 54.9. The average Bonchev–Trinajstić information content (AvgIpc) is 2.19. The zero-order chi connectivity index (χ0) is 58.4. The van der Waals surface area contributed by atoms with E-state index in [9.17, 15) is 25.2 Å². The van der Waals surface area contributed by atoms with E-state index < -0.39 is 0 Å². The second-order valence-corrected chi connectivity index (χ2v) is 36.9. The Kier molecular flexibility index (Phi) is 16.5. The molecule has 5 heteroatoms. The molecular formula is C78H126O5. The molecule has 16 aliphatic rings. The Labute approximate surface area is 508 Å². The van der Waals surface area contributed by atoms with Gasteiger partial charge < -0.3 is 20.4 Å². The lowest BCUT2D eigenvalue weighted by molar-refractivity contribution is -0.133. The highest BCUT2D eigenvalue weighted by molar-refractivity contribution is 5.87. The van der Waals surface area contributed by atoms with E-state index in [1.807, 2.05) is 0 Å². The molecule has 16 rings (SSSR count). The van der Waals surface area contributed by atoms with Crippen LogP contribution < -0.4 is 0 Å². The van der Waals surface area contributed by atoms with E-state index >= 15 is 0 Å². The summed E-state index contributed by atoms with van der Waals surface area (Å²) in [7, 11) is 0. The molecule has 16 aliphatic carbocycles. The van der Waals surface area contributed by atoms with Crippen LogP contribution in [0.25, 0.3) is 0 Å². The summed E-state index contributed by atoms with van der Waals surface area (Å²) in [6.45, 7) is 26.9. The van der Waals surface area contributed by atoms with Crippen LogP contribution in [-0.4, -0.2) is 50.6 Å². The van der Waals surface area contributed by atoms with Crippen molar-refractivity contribution in [2.45, 2.75) is 311 Å². The molecule has 0 radical (unpaired) electrons. The van der Waals surface area contributed by atoms with Crippen molar-refractivity contribution in [3.8, 4) is 0 Å². The molecule has 0 aromatic heterocycles. The lowest BCUT2D eigenvalue weighted by Crippen LogP contribution is -2.53.